The first-order chi connectivity index (χ1) is 3.43. The summed E-state index contributed by atoms with van der Waals surface area (Å²) in [7, 11) is 1.56. The highest BCUT2D eigenvalue weighted by molar-refractivity contribution is 7.82. The molecule has 0 spiro atoms. The zero-order valence-corrected chi connectivity index (χ0v) is 4.99. The quantitative estimate of drug-likeness (QED) is 0.523. The molecule has 42 valence electrons. The predicted octanol–water partition coefficient (Wildman–Crippen LogP) is -0.132. The molecule has 0 bridgehead atoms. The molecule has 1 aliphatic heterocycles. The Morgan fingerprint density at radius 2 is 2.71 bits per heavy atom. The maximum Gasteiger partial charge on any atom is 0.0514 e. The SMILES string of the molecule is COS1=NNCC1. The van der Waals surface area contributed by atoms with Crippen molar-refractivity contribution in [2.45, 2.75) is 0 Å². The van der Waals surface area contributed by atoms with Crippen LogP contribution in [0.2, 0.25) is 0 Å². The van der Waals surface area contributed by atoms with E-state index in [1.54, 1.807) is 7.11 Å². The molecule has 0 amide bonds. The Bertz CT molecular complexity index is 92.9. The van der Waals surface area contributed by atoms with Gasteiger partial charge in [0.15, 0.2) is 0 Å². The van der Waals surface area contributed by atoms with E-state index in [0.717, 1.165) is 12.3 Å². The molecule has 0 aromatic heterocycles. The molecule has 1 atom stereocenters. The van der Waals surface area contributed by atoms with Crippen LogP contribution in [-0.4, -0.2) is 19.4 Å². The minimum absolute atomic E-state index is 0.120. The van der Waals surface area contributed by atoms with E-state index in [9.17, 15) is 0 Å². The molecule has 0 aliphatic carbocycles. The van der Waals surface area contributed by atoms with Gasteiger partial charge in [-0.25, -0.2) is 5.43 Å². The maximum absolute atomic E-state index is 4.91. The summed E-state index contributed by atoms with van der Waals surface area (Å²) in [6.45, 7) is 0.969. The van der Waals surface area contributed by atoms with Gasteiger partial charge in [0.05, 0.1) is 7.11 Å². The van der Waals surface area contributed by atoms with Crippen molar-refractivity contribution in [3.8, 4) is 0 Å². The van der Waals surface area contributed by atoms with Crippen LogP contribution in [0.25, 0.3) is 0 Å². The van der Waals surface area contributed by atoms with E-state index in [-0.39, 0.29) is 11.0 Å². The van der Waals surface area contributed by atoms with Crippen molar-refractivity contribution in [1.29, 1.82) is 0 Å². The van der Waals surface area contributed by atoms with Crippen molar-refractivity contribution in [2.75, 3.05) is 19.4 Å². The van der Waals surface area contributed by atoms with Crippen LogP contribution >= 0.6 is 0 Å². The van der Waals surface area contributed by atoms with Gasteiger partial charge >= 0.3 is 0 Å². The third-order valence-corrected chi connectivity index (χ3v) is 2.02. The summed E-state index contributed by atoms with van der Waals surface area (Å²) in [5, 5.41) is 0. The largest absolute Gasteiger partial charge is 0.308 e. The van der Waals surface area contributed by atoms with Crippen molar-refractivity contribution in [2.24, 2.45) is 4.47 Å². The summed E-state index contributed by atoms with van der Waals surface area (Å²) in [5.74, 6) is 1.04. The summed E-state index contributed by atoms with van der Waals surface area (Å²) in [6.07, 6.45) is 0. The average molecular weight is 120 g/mol. The molecule has 0 radical (unpaired) electrons. The van der Waals surface area contributed by atoms with Gasteiger partial charge in [0, 0.05) is 23.3 Å². The fraction of sp³-hybridized carbons (Fsp3) is 1.00. The van der Waals surface area contributed by atoms with Crippen LogP contribution in [0.1, 0.15) is 0 Å². The Balaban J connectivity index is 2.36. The van der Waals surface area contributed by atoms with E-state index >= 15 is 0 Å². The second-order valence-electron chi connectivity index (χ2n) is 1.19. The molecule has 1 rings (SSSR count). The van der Waals surface area contributed by atoms with Gasteiger partial charge < -0.3 is 4.18 Å². The minimum Gasteiger partial charge on any atom is -0.308 e. The first kappa shape index (κ1) is 5.21. The van der Waals surface area contributed by atoms with Gasteiger partial charge in [-0.2, -0.15) is 4.47 Å². The van der Waals surface area contributed by atoms with Gasteiger partial charge in [0.2, 0.25) is 0 Å². The van der Waals surface area contributed by atoms with Crippen LogP contribution in [-0.2, 0) is 15.2 Å². The monoisotopic (exact) mass is 120 g/mol. The lowest BCUT2D eigenvalue weighted by Crippen LogP contribution is -2.01. The molecule has 3 nitrogen and oxygen atoms in total. The van der Waals surface area contributed by atoms with Crippen LogP contribution in [0.4, 0.5) is 0 Å². The van der Waals surface area contributed by atoms with E-state index in [4.69, 9.17) is 4.18 Å². The summed E-state index contributed by atoms with van der Waals surface area (Å²) in [5.41, 5.74) is 2.84. The van der Waals surface area contributed by atoms with Crippen LogP contribution < -0.4 is 5.43 Å². The van der Waals surface area contributed by atoms with Crippen LogP contribution in [0.3, 0.4) is 0 Å². The number of hydrogen-bond acceptors (Lipinski definition) is 3. The van der Waals surface area contributed by atoms with Gasteiger partial charge in [-0.05, 0) is 0 Å². The topological polar surface area (TPSA) is 33.6 Å². The van der Waals surface area contributed by atoms with Crippen molar-refractivity contribution in [1.82, 2.24) is 5.43 Å². The number of nitrogens with zero attached hydrogens (tertiary/aromatic N) is 1. The fourth-order valence-electron chi connectivity index (χ4n) is 0.417. The molecule has 7 heavy (non-hydrogen) atoms. The van der Waals surface area contributed by atoms with E-state index < -0.39 is 0 Å². The molecule has 1 aliphatic rings. The summed E-state index contributed by atoms with van der Waals surface area (Å²) in [6, 6.07) is 0. The smallest absolute Gasteiger partial charge is 0.0514 e. The standard InChI is InChI=1S/C3H8N2OS/c1-6-7-3-2-4-5-7/h4H,2-3H2,1H3. The molecule has 0 aromatic carbocycles. The molecule has 4 heteroatoms. The molecule has 0 fully saturated rings. The lowest BCUT2D eigenvalue weighted by atomic mass is 10.8. The molecule has 1 unspecified atom stereocenters. The van der Waals surface area contributed by atoms with Crippen molar-refractivity contribution < 1.29 is 4.18 Å². The molecule has 0 aromatic rings. The Morgan fingerprint density at radius 3 is 3.00 bits per heavy atom. The van der Waals surface area contributed by atoms with Crippen molar-refractivity contribution in [3.63, 3.8) is 0 Å². The third kappa shape index (κ3) is 1.22. The zero-order valence-electron chi connectivity index (χ0n) is 4.18. The van der Waals surface area contributed by atoms with Crippen LogP contribution in [0.5, 0.6) is 0 Å². The lowest BCUT2D eigenvalue weighted by Gasteiger charge is -1.89. The molecule has 1 heterocycles. The summed E-state index contributed by atoms with van der Waals surface area (Å²) >= 11 is 0. The number of nitrogens with one attached hydrogen (secondary N) is 1. The van der Waals surface area contributed by atoms with E-state index in [0.29, 0.717) is 0 Å². The van der Waals surface area contributed by atoms with E-state index in [1.165, 1.54) is 0 Å². The third-order valence-electron chi connectivity index (χ3n) is 0.747. The normalized spacial score (nSPS) is 30.1. The Morgan fingerprint density at radius 1 is 1.86 bits per heavy atom. The van der Waals surface area contributed by atoms with Gasteiger partial charge in [0.25, 0.3) is 0 Å². The summed E-state index contributed by atoms with van der Waals surface area (Å²) < 4.78 is 8.82. The molecule has 0 saturated carbocycles. The van der Waals surface area contributed by atoms with Gasteiger partial charge in [-0.1, -0.05) is 0 Å². The highest BCUT2D eigenvalue weighted by Gasteiger charge is 1.99. The van der Waals surface area contributed by atoms with Gasteiger partial charge in [0.1, 0.15) is 0 Å². The van der Waals surface area contributed by atoms with Gasteiger partial charge in [-0.15, -0.1) is 0 Å². The van der Waals surface area contributed by atoms with Crippen molar-refractivity contribution in [3.05, 3.63) is 0 Å². The predicted molar refractivity (Wildman–Crippen MR) is 29.7 cm³/mol. The Kier molecular flexibility index (Phi) is 1.78. The second kappa shape index (κ2) is 2.40. The molecular formula is C3H8N2OS. The highest BCUT2D eigenvalue weighted by Crippen LogP contribution is 1.91. The first-order valence-corrected chi connectivity index (χ1v) is 3.40. The molecule has 1 N–H and O–H groups in total. The lowest BCUT2D eigenvalue weighted by molar-refractivity contribution is 0.480. The molecule has 0 saturated heterocycles. The minimum atomic E-state index is -0.120. The Labute approximate surface area is 45.3 Å². The van der Waals surface area contributed by atoms with Crippen LogP contribution in [0, 0.1) is 0 Å². The second-order valence-corrected chi connectivity index (χ2v) is 2.76. The van der Waals surface area contributed by atoms with E-state index in [1.807, 2.05) is 0 Å². The van der Waals surface area contributed by atoms with Gasteiger partial charge in [-0.3, -0.25) is 0 Å². The first-order valence-electron chi connectivity index (χ1n) is 2.12. The fourth-order valence-corrected chi connectivity index (χ4v) is 1.25. The summed E-state index contributed by atoms with van der Waals surface area (Å²) in [4.78, 5) is 0. The number of hydrogen-bond donors (Lipinski definition) is 1. The average Bonchev–Trinajstić information content (AvgIpc) is 2.14. The molecular weight excluding hydrogens is 112 g/mol. The highest BCUT2D eigenvalue weighted by atomic mass is 32.2. The zero-order chi connectivity index (χ0) is 5.11. The van der Waals surface area contributed by atoms with Crippen LogP contribution in [0.15, 0.2) is 4.47 Å². The van der Waals surface area contributed by atoms with Crippen molar-refractivity contribution >= 4 is 11.0 Å². The number of rotatable bonds is 1. The van der Waals surface area contributed by atoms with E-state index in [2.05, 4.69) is 9.90 Å². The maximum atomic E-state index is 4.91. The Hall–Kier alpha value is 0.0700.